The first-order chi connectivity index (χ1) is 10.2. The van der Waals surface area contributed by atoms with Gasteiger partial charge in [0.25, 0.3) is 0 Å². The minimum atomic E-state index is 0.538. The van der Waals surface area contributed by atoms with Crippen LogP contribution in [0.25, 0.3) is 22.3 Å². The average molecular weight is 388 g/mol. The van der Waals surface area contributed by atoms with Gasteiger partial charge in [0.2, 0.25) is 0 Å². The van der Waals surface area contributed by atoms with Crippen molar-refractivity contribution in [1.82, 2.24) is 15.0 Å². The van der Waals surface area contributed by atoms with Gasteiger partial charge in [0.05, 0.1) is 9.26 Å². The first-order valence-electron chi connectivity index (χ1n) is 6.91. The second-order valence-corrected chi connectivity index (χ2v) is 6.37. The van der Waals surface area contributed by atoms with Crippen LogP contribution in [0, 0.1) is 3.57 Å². The minimum Gasteiger partial charge on any atom is -0.383 e. The third-order valence-corrected chi connectivity index (χ3v) is 4.86. The largest absolute Gasteiger partial charge is 0.383 e. The second-order valence-electron chi connectivity index (χ2n) is 5.29. The SMILES string of the molecule is Nc1nc(-c2nccc3ccccc23)nc(C2CC2)c1I. The predicted octanol–water partition coefficient (Wildman–Crippen LogP) is 3.76. The number of aromatic nitrogens is 3. The molecule has 104 valence electrons. The third kappa shape index (κ3) is 2.25. The van der Waals surface area contributed by atoms with Crippen molar-refractivity contribution < 1.29 is 0 Å². The molecule has 0 spiro atoms. The lowest BCUT2D eigenvalue weighted by Crippen LogP contribution is -2.05. The highest BCUT2D eigenvalue weighted by atomic mass is 127. The molecule has 4 nitrogen and oxygen atoms in total. The average Bonchev–Trinajstić information content (AvgIpc) is 3.34. The summed E-state index contributed by atoms with van der Waals surface area (Å²) in [6.07, 6.45) is 4.18. The van der Waals surface area contributed by atoms with Crippen LogP contribution in [0.15, 0.2) is 36.5 Å². The fraction of sp³-hybridized carbons (Fsp3) is 0.188. The van der Waals surface area contributed by atoms with E-state index in [-0.39, 0.29) is 0 Å². The monoisotopic (exact) mass is 388 g/mol. The van der Waals surface area contributed by atoms with E-state index in [1.54, 1.807) is 6.20 Å². The highest BCUT2D eigenvalue weighted by Crippen LogP contribution is 2.42. The molecule has 5 heteroatoms. The van der Waals surface area contributed by atoms with Gasteiger partial charge in [-0.3, -0.25) is 4.98 Å². The lowest BCUT2D eigenvalue weighted by atomic mass is 10.1. The van der Waals surface area contributed by atoms with Gasteiger partial charge in [-0.25, -0.2) is 9.97 Å². The molecule has 1 aromatic carbocycles. The third-order valence-electron chi connectivity index (χ3n) is 3.75. The number of benzene rings is 1. The zero-order chi connectivity index (χ0) is 14.4. The number of hydrogen-bond donors (Lipinski definition) is 1. The van der Waals surface area contributed by atoms with Crippen LogP contribution >= 0.6 is 22.6 Å². The molecule has 0 radical (unpaired) electrons. The van der Waals surface area contributed by atoms with Crippen molar-refractivity contribution in [2.45, 2.75) is 18.8 Å². The van der Waals surface area contributed by atoms with E-state index in [1.165, 1.54) is 12.8 Å². The molecule has 3 aromatic rings. The Morgan fingerprint density at radius 2 is 1.90 bits per heavy atom. The molecule has 1 aliphatic rings. The zero-order valence-electron chi connectivity index (χ0n) is 11.3. The molecule has 2 aromatic heterocycles. The maximum atomic E-state index is 6.08. The lowest BCUT2D eigenvalue weighted by Gasteiger charge is -2.09. The molecule has 1 saturated carbocycles. The molecule has 0 atom stereocenters. The van der Waals surface area contributed by atoms with Crippen LogP contribution in [0.5, 0.6) is 0 Å². The molecule has 0 amide bonds. The van der Waals surface area contributed by atoms with Crippen molar-refractivity contribution in [3.8, 4) is 11.5 Å². The fourth-order valence-corrected chi connectivity index (χ4v) is 3.20. The summed E-state index contributed by atoms with van der Waals surface area (Å²) in [5, 5.41) is 2.19. The number of nitrogens with zero attached hydrogens (tertiary/aromatic N) is 3. The highest BCUT2D eigenvalue weighted by molar-refractivity contribution is 14.1. The zero-order valence-corrected chi connectivity index (χ0v) is 13.4. The van der Waals surface area contributed by atoms with Gasteiger partial charge in [-0.15, -0.1) is 0 Å². The molecule has 2 heterocycles. The van der Waals surface area contributed by atoms with E-state index < -0.39 is 0 Å². The van der Waals surface area contributed by atoms with Crippen LogP contribution in [0.4, 0.5) is 5.82 Å². The Labute approximate surface area is 136 Å². The Kier molecular flexibility index (Phi) is 3.02. The predicted molar refractivity (Wildman–Crippen MR) is 91.9 cm³/mol. The minimum absolute atomic E-state index is 0.538. The van der Waals surface area contributed by atoms with Crippen LogP contribution in [0.2, 0.25) is 0 Å². The summed E-state index contributed by atoms with van der Waals surface area (Å²) in [5.74, 6) is 1.72. The molecular weight excluding hydrogens is 375 g/mol. The van der Waals surface area contributed by atoms with Gasteiger partial charge in [-0.05, 0) is 46.9 Å². The number of hydrogen-bond acceptors (Lipinski definition) is 4. The maximum Gasteiger partial charge on any atom is 0.181 e. The van der Waals surface area contributed by atoms with Gasteiger partial charge >= 0.3 is 0 Å². The topological polar surface area (TPSA) is 64.7 Å². The quantitative estimate of drug-likeness (QED) is 0.680. The Balaban J connectivity index is 1.96. The van der Waals surface area contributed by atoms with Crippen LogP contribution in [0.3, 0.4) is 0 Å². The number of halogens is 1. The van der Waals surface area contributed by atoms with Crippen LogP contribution in [-0.4, -0.2) is 15.0 Å². The molecule has 1 fully saturated rings. The summed E-state index contributed by atoms with van der Waals surface area (Å²) in [7, 11) is 0. The summed E-state index contributed by atoms with van der Waals surface area (Å²) in [4.78, 5) is 13.7. The fourth-order valence-electron chi connectivity index (χ4n) is 2.51. The van der Waals surface area contributed by atoms with Gasteiger partial charge in [-0.2, -0.15) is 0 Å². The van der Waals surface area contributed by atoms with Gasteiger partial charge in [0.15, 0.2) is 5.82 Å². The number of anilines is 1. The van der Waals surface area contributed by atoms with E-state index in [2.05, 4.69) is 38.6 Å². The Morgan fingerprint density at radius 3 is 2.71 bits per heavy atom. The van der Waals surface area contributed by atoms with Crippen molar-refractivity contribution in [2.75, 3.05) is 5.73 Å². The van der Waals surface area contributed by atoms with Gasteiger partial charge in [-0.1, -0.05) is 24.3 Å². The van der Waals surface area contributed by atoms with E-state index in [0.29, 0.717) is 17.6 Å². The first kappa shape index (κ1) is 12.9. The van der Waals surface area contributed by atoms with E-state index in [4.69, 9.17) is 10.7 Å². The molecular formula is C16H13IN4. The number of nitrogens with two attached hydrogens (primary N) is 1. The highest BCUT2D eigenvalue weighted by Gasteiger charge is 2.29. The standard InChI is InChI=1S/C16H13IN4/c17-12-13(10-5-6-10)20-16(21-15(12)18)14-11-4-2-1-3-9(11)7-8-19-14/h1-4,7-8,10H,5-6H2,(H2,18,20,21). The number of pyridine rings is 1. The molecule has 0 saturated heterocycles. The summed E-state index contributed by atoms with van der Waals surface area (Å²) in [5.41, 5.74) is 7.96. The Morgan fingerprint density at radius 1 is 1.10 bits per heavy atom. The first-order valence-corrected chi connectivity index (χ1v) is 7.99. The van der Waals surface area contributed by atoms with Crippen molar-refractivity contribution in [1.29, 1.82) is 0 Å². The number of nitrogen functional groups attached to an aromatic ring is 1. The normalized spacial score (nSPS) is 14.5. The van der Waals surface area contributed by atoms with E-state index in [9.17, 15) is 0 Å². The van der Waals surface area contributed by atoms with Crippen LogP contribution < -0.4 is 5.73 Å². The molecule has 0 unspecified atom stereocenters. The van der Waals surface area contributed by atoms with Gasteiger partial charge in [0.1, 0.15) is 11.5 Å². The second kappa shape index (κ2) is 4.91. The van der Waals surface area contributed by atoms with Gasteiger partial charge < -0.3 is 5.73 Å². The van der Waals surface area contributed by atoms with Crippen molar-refractivity contribution >= 4 is 39.2 Å². The Bertz CT molecular complexity index is 838. The Hall–Kier alpha value is -1.76. The summed E-state index contributed by atoms with van der Waals surface area (Å²) < 4.78 is 0.985. The molecule has 1 aliphatic carbocycles. The van der Waals surface area contributed by atoms with Crippen molar-refractivity contribution in [3.05, 3.63) is 45.8 Å². The van der Waals surface area contributed by atoms with E-state index >= 15 is 0 Å². The molecule has 4 rings (SSSR count). The molecule has 21 heavy (non-hydrogen) atoms. The lowest BCUT2D eigenvalue weighted by molar-refractivity contribution is 0.978. The molecule has 0 bridgehead atoms. The van der Waals surface area contributed by atoms with Crippen LogP contribution in [0.1, 0.15) is 24.5 Å². The number of rotatable bonds is 2. The van der Waals surface area contributed by atoms with Gasteiger partial charge in [0, 0.05) is 17.5 Å². The molecule has 0 aliphatic heterocycles. The van der Waals surface area contributed by atoms with Crippen LogP contribution in [-0.2, 0) is 0 Å². The van der Waals surface area contributed by atoms with E-state index in [1.807, 2.05) is 24.3 Å². The summed E-state index contributed by atoms with van der Waals surface area (Å²) >= 11 is 2.24. The molecule has 2 N–H and O–H groups in total. The summed E-state index contributed by atoms with van der Waals surface area (Å²) in [6.45, 7) is 0. The smallest absolute Gasteiger partial charge is 0.181 e. The maximum absolute atomic E-state index is 6.08. The summed E-state index contributed by atoms with van der Waals surface area (Å²) in [6, 6.07) is 10.1. The number of fused-ring (bicyclic) bond motifs is 1. The van der Waals surface area contributed by atoms with E-state index in [0.717, 1.165) is 25.7 Å². The van der Waals surface area contributed by atoms with Crippen molar-refractivity contribution in [3.63, 3.8) is 0 Å². The van der Waals surface area contributed by atoms with Crippen molar-refractivity contribution in [2.24, 2.45) is 0 Å².